The summed E-state index contributed by atoms with van der Waals surface area (Å²) in [6, 6.07) is 12.8. The fourth-order valence-corrected chi connectivity index (χ4v) is 2.52. The molecular formula is C19H23ClFNO. The van der Waals surface area contributed by atoms with Crippen LogP contribution in [0.15, 0.2) is 42.5 Å². The first-order valence-electron chi connectivity index (χ1n) is 7.95. The van der Waals surface area contributed by atoms with Crippen LogP contribution in [0.3, 0.4) is 0 Å². The van der Waals surface area contributed by atoms with Crippen molar-refractivity contribution in [2.45, 2.75) is 39.2 Å². The molecule has 0 aliphatic carbocycles. The lowest BCUT2D eigenvalue weighted by Gasteiger charge is -2.20. The number of ether oxygens (including phenoxy) is 1. The van der Waals surface area contributed by atoms with Gasteiger partial charge in [0.2, 0.25) is 0 Å². The van der Waals surface area contributed by atoms with Crippen LogP contribution in [0.2, 0.25) is 5.02 Å². The largest absolute Gasteiger partial charge is 0.489 e. The van der Waals surface area contributed by atoms with Crippen molar-refractivity contribution in [1.29, 1.82) is 0 Å². The summed E-state index contributed by atoms with van der Waals surface area (Å²) in [5.41, 5.74) is 2.01. The molecule has 2 nitrogen and oxygen atoms in total. The third-order valence-electron chi connectivity index (χ3n) is 3.90. The highest BCUT2D eigenvalue weighted by Crippen LogP contribution is 2.29. The van der Waals surface area contributed by atoms with E-state index in [9.17, 15) is 4.39 Å². The molecule has 0 heterocycles. The highest BCUT2D eigenvalue weighted by atomic mass is 35.5. The number of halogens is 2. The van der Waals surface area contributed by atoms with Gasteiger partial charge in [0.15, 0.2) is 0 Å². The second kappa shape index (κ2) is 8.21. The Morgan fingerprint density at radius 3 is 2.61 bits per heavy atom. The van der Waals surface area contributed by atoms with Crippen LogP contribution < -0.4 is 10.1 Å². The molecule has 2 atom stereocenters. The van der Waals surface area contributed by atoms with Crippen molar-refractivity contribution >= 4 is 17.3 Å². The van der Waals surface area contributed by atoms with Gasteiger partial charge in [0.1, 0.15) is 17.7 Å². The summed E-state index contributed by atoms with van der Waals surface area (Å²) in [6.45, 7) is 6.98. The maximum absolute atomic E-state index is 13.2. The first kappa shape index (κ1) is 17.6. The highest BCUT2D eigenvalue weighted by molar-refractivity contribution is 6.31. The normalized spacial score (nSPS) is 13.4. The van der Waals surface area contributed by atoms with E-state index < -0.39 is 5.82 Å². The van der Waals surface area contributed by atoms with Gasteiger partial charge >= 0.3 is 0 Å². The van der Waals surface area contributed by atoms with Crippen LogP contribution in [0.5, 0.6) is 5.75 Å². The van der Waals surface area contributed by atoms with E-state index in [1.165, 1.54) is 11.6 Å². The third kappa shape index (κ3) is 4.87. The smallest absolute Gasteiger partial charge is 0.141 e. The van der Waals surface area contributed by atoms with Gasteiger partial charge in [0, 0.05) is 5.69 Å². The van der Waals surface area contributed by atoms with Crippen LogP contribution in [0, 0.1) is 5.82 Å². The Kier molecular flexibility index (Phi) is 6.28. The zero-order chi connectivity index (χ0) is 16.8. The lowest BCUT2D eigenvalue weighted by atomic mass is 9.98. The van der Waals surface area contributed by atoms with E-state index >= 15 is 0 Å². The van der Waals surface area contributed by atoms with Crippen molar-refractivity contribution in [2.24, 2.45) is 0 Å². The molecule has 2 aromatic carbocycles. The fraction of sp³-hybridized carbons (Fsp3) is 0.368. The minimum Gasteiger partial charge on any atom is -0.489 e. The zero-order valence-corrected chi connectivity index (χ0v) is 14.5. The van der Waals surface area contributed by atoms with Gasteiger partial charge in [-0.25, -0.2) is 4.39 Å². The van der Waals surface area contributed by atoms with Gasteiger partial charge in [-0.05, 0) is 49.1 Å². The van der Waals surface area contributed by atoms with Crippen LogP contribution in [0.1, 0.15) is 38.7 Å². The first-order chi connectivity index (χ1) is 11.0. The quantitative estimate of drug-likeness (QED) is 0.683. The Bertz CT molecular complexity index is 647. The molecule has 0 amide bonds. The maximum atomic E-state index is 13.2. The Hall–Kier alpha value is -1.74. The Labute approximate surface area is 142 Å². The molecule has 0 fully saturated rings. The maximum Gasteiger partial charge on any atom is 0.141 e. The summed E-state index contributed by atoms with van der Waals surface area (Å²) in [5.74, 6) is 0.972. The van der Waals surface area contributed by atoms with E-state index in [2.05, 4.69) is 25.2 Å². The molecule has 1 N–H and O–H groups in total. The molecule has 23 heavy (non-hydrogen) atoms. The molecule has 0 saturated carbocycles. The van der Waals surface area contributed by atoms with Crippen LogP contribution in [-0.2, 0) is 0 Å². The Morgan fingerprint density at radius 2 is 1.91 bits per heavy atom. The van der Waals surface area contributed by atoms with Crippen molar-refractivity contribution in [1.82, 2.24) is 0 Å². The molecule has 0 radical (unpaired) electrons. The van der Waals surface area contributed by atoms with E-state index in [-0.39, 0.29) is 11.1 Å². The lowest BCUT2D eigenvalue weighted by Crippen LogP contribution is -2.23. The van der Waals surface area contributed by atoms with Crippen LogP contribution in [0.4, 0.5) is 10.1 Å². The van der Waals surface area contributed by atoms with E-state index in [1.54, 1.807) is 12.1 Å². The minimum atomic E-state index is -0.413. The van der Waals surface area contributed by atoms with E-state index in [0.29, 0.717) is 12.5 Å². The van der Waals surface area contributed by atoms with Gasteiger partial charge < -0.3 is 10.1 Å². The summed E-state index contributed by atoms with van der Waals surface area (Å²) in [5, 5.41) is 3.34. The molecule has 4 heteroatoms. The molecule has 0 aliphatic heterocycles. The second-order valence-corrected chi connectivity index (χ2v) is 6.19. The second-order valence-electron chi connectivity index (χ2n) is 5.79. The van der Waals surface area contributed by atoms with Crippen molar-refractivity contribution in [3.8, 4) is 5.75 Å². The molecule has 0 bridgehead atoms. The fourth-order valence-electron chi connectivity index (χ4n) is 2.34. The number of hydrogen-bond acceptors (Lipinski definition) is 2. The average Bonchev–Trinajstić information content (AvgIpc) is 2.55. The molecule has 0 aromatic heterocycles. The predicted octanol–water partition coefficient (Wildman–Crippen LogP) is 5.87. The van der Waals surface area contributed by atoms with Crippen LogP contribution in [-0.4, -0.2) is 12.6 Å². The third-order valence-corrected chi connectivity index (χ3v) is 4.19. The summed E-state index contributed by atoms with van der Waals surface area (Å²) in [6.07, 6.45) is 1.05. The number of nitrogens with one attached hydrogen (secondary N) is 1. The minimum absolute atomic E-state index is 0.0240. The van der Waals surface area contributed by atoms with Crippen molar-refractivity contribution in [3.05, 3.63) is 58.9 Å². The van der Waals surface area contributed by atoms with Gasteiger partial charge in [-0.1, -0.05) is 43.6 Å². The van der Waals surface area contributed by atoms with Crippen molar-refractivity contribution in [2.75, 3.05) is 11.9 Å². The van der Waals surface area contributed by atoms with Crippen molar-refractivity contribution < 1.29 is 9.13 Å². The predicted molar refractivity (Wildman–Crippen MR) is 95.1 cm³/mol. The molecular weight excluding hydrogens is 313 g/mol. The lowest BCUT2D eigenvalue weighted by molar-refractivity contribution is 0.231. The number of para-hydroxylation sites is 1. The molecule has 2 unspecified atom stereocenters. The molecule has 0 saturated heterocycles. The SMILES string of the molecule is CCC(C)c1ccccc1OC(C)CNc1ccc(F)c(Cl)c1. The number of benzene rings is 2. The highest BCUT2D eigenvalue weighted by Gasteiger charge is 2.12. The first-order valence-corrected chi connectivity index (χ1v) is 8.33. The molecule has 2 aromatic rings. The summed E-state index contributed by atoms with van der Waals surface area (Å²) >= 11 is 5.78. The van der Waals surface area contributed by atoms with Gasteiger partial charge in [-0.2, -0.15) is 0 Å². The van der Waals surface area contributed by atoms with Crippen LogP contribution in [0.25, 0.3) is 0 Å². The number of hydrogen-bond donors (Lipinski definition) is 1. The molecule has 2 rings (SSSR count). The zero-order valence-electron chi connectivity index (χ0n) is 13.8. The summed E-state index contributed by atoms with van der Waals surface area (Å²) in [7, 11) is 0. The van der Waals surface area contributed by atoms with Gasteiger partial charge in [-0.3, -0.25) is 0 Å². The van der Waals surface area contributed by atoms with Crippen molar-refractivity contribution in [3.63, 3.8) is 0 Å². The Balaban J connectivity index is 1.97. The molecule has 0 spiro atoms. The van der Waals surface area contributed by atoms with E-state index in [4.69, 9.17) is 16.3 Å². The standard InChI is InChI=1S/C19H23ClFNO/c1-4-13(2)16-7-5-6-8-19(16)23-14(3)12-22-15-9-10-18(21)17(20)11-15/h5-11,13-14,22H,4,12H2,1-3H3. The van der Waals surface area contributed by atoms with Gasteiger partial charge in [0.25, 0.3) is 0 Å². The summed E-state index contributed by atoms with van der Waals surface area (Å²) < 4.78 is 19.2. The topological polar surface area (TPSA) is 21.3 Å². The van der Waals surface area contributed by atoms with Gasteiger partial charge in [-0.15, -0.1) is 0 Å². The van der Waals surface area contributed by atoms with E-state index in [0.717, 1.165) is 17.9 Å². The summed E-state index contributed by atoms with van der Waals surface area (Å²) in [4.78, 5) is 0. The van der Waals surface area contributed by atoms with Crippen LogP contribution >= 0.6 is 11.6 Å². The molecule has 0 aliphatic rings. The number of rotatable bonds is 7. The van der Waals surface area contributed by atoms with Gasteiger partial charge in [0.05, 0.1) is 11.6 Å². The molecule has 124 valence electrons. The number of anilines is 1. The Morgan fingerprint density at radius 1 is 1.17 bits per heavy atom. The van der Waals surface area contributed by atoms with E-state index in [1.807, 2.05) is 25.1 Å². The monoisotopic (exact) mass is 335 g/mol. The average molecular weight is 336 g/mol.